The van der Waals surface area contributed by atoms with Crippen molar-refractivity contribution in [3.8, 4) is 34.3 Å². The second-order valence-electron chi connectivity index (χ2n) is 9.82. The molecule has 2 fully saturated rings. The number of aromatic hydroxyl groups is 4. The predicted molar refractivity (Wildman–Crippen MR) is 134 cm³/mol. The number of aliphatic hydroxyl groups excluding tert-OH is 6. The molecular weight excluding hydrogens is 552 g/mol. The smallest absolute Gasteiger partial charge is 0.197 e. The fourth-order valence-electron chi connectivity index (χ4n) is 4.93. The molecule has 9 atom stereocenters. The lowest BCUT2D eigenvalue weighted by molar-refractivity contribution is -0.325. The lowest BCUT2D eigenvalue weighted by atomic mass is 9.89. The van der Waals surface area contributed by atoms with Gasteiger partial charge in [0.1, 0.15) is 77.1 Å². The van der Waals surface area contributed by atoms with Crippen LogP contribution >= 0.6 is 0 Å². The van der Waals surface area contributed by atoms with Crippen molar-refractivity contribution in [2.45, 2.75) is 55.1 Å². The monoisotopic (exact) mass is 580 g/mol. The molecule has 3 aromatic rings. The Bertz CT molecular complexity index is 1490. The van der Waals surface area contributed by atoms with Gasteiger partial charge in [0.2, 0.25) is 0 Å². The van der Waals surface area contributed by atoms with Crippen LogP contribution in [0.5, 0.6) is 23.0 Å². The lowest BCUT2D eigenvalue weighted by Gasteiger charge is -2.45. The van der Waals surface area contributed by atoms with Gasteiger partial charge in [0.05, 0.1) is 18.8 Å². The van der Waals surface area contributed by atoms with Gasteiger partial charge >= 0.3 is 0 Å². The van der Waals surface area contributed by atoms with Gasteiger partial charge in [0, 0.05) is 17.7 Å². The van der Waals surface area contributed by atoms with Crippen LogP contribution in [-0.2, 0) is 14.2 Å². The Kier molecular flexibility index (Phi) is 7.82. The van der Waals surface area contributed by atoms with Crippen molar-refractivity contribution < 1.29 is 69.7 Å². The summed E-state index contributed by atoms with van der Waals surface area (Å²) >= 11 is 0. The molecule has 2 aliphatic rings. The minimum atomic E-state index is -1.87. The van der Waals surface area contributed by atoms with E-state index in [1.165, 1.54) is 6.07 Å². The molecule has 0 bridgehead atoms. The maximum Gasteiger partial charge on any atom is 0.197 e. The molecule has 2 aliphatic heterocycles. The van der Waals surface area contributed by atoms with Crippen LogP contribution in [0.15, 0.2) is 39.5 Å². The summed E-state index contributed by atoms with van der Waals surface area (Å²) in [4.78, 5) is 13.1. The predicted octanol–water partition coefficient (Wildman–Crippen LogP) is -1.74. The van der Waals surface area contributed by atoms with E-state index in [2.05, 4.69) is 0 Å². The summed E-state index contributed by atoms with van der Waals surface area (Å²) in [6.45, 7) is -1.28. The Morgan fingerprint density at radius 3 is 2.27 bits per heavy atom. The van der Waals surface area contributed by atoms with E-state index in [9.17, 15) is 55.9 Å². The van der Waals surface area contributed by atoms with Crippen LogP contribution < -0.4 is 5.43 Å². The maximum atomic E-state index is 13.1. The van der Waals surface area contributed by atoms with Gasteiger partial charge in [-0.1, -0.05) is 0 Å². The van der Waals surface area contributed by atoms with Gasteiger partial charge in [-0.05, 0) is 18.2 Å². The normalized spacial score (nSPS) is 32.3. The van der Waals surface area contributed by atoms with Gasteiger partial charge in [-0.25, -0.2) is 0 Å². The zero-order chi connectivity index (χ0) is 29.7. The van der Waals surface area contributed by atoms with Crippen LogP contribution in [0.4, 0.5) is 0 Å². The van der Waals surface area contributed by atoms with Crippen molar-refractivity contribution in [3.63, 3.8) is 0 Å². The van der Waals surface area contributed by atoms with Crippen LogP contribution in [0.1, 0.15) is 11.7 Å². The van der Waals surface area contributed by atoms with Gasteiger partial charge in [-0.15, -0.1) is 0 Å². The lowest BCUT2D eigenvalue weighted by Crippen LogP contribution is -2.60. The number of ether oxygens (including phenoxy) is 3. The number of fused-ring (bicyclic) bond motifs is 1. The number of hydrogen-bond donors (Lipinski definition) is 10. The maximum absolute atomic E-state index is 13.1. The van der Waals surface area contributed by atoms with E-state index in [0.717, 1.165) is 24.3 Å². The molecule has 0 unspecified atom stereocenters. The number of benzene rings is 2. The highest BCUT2D eigenvalue weighted by atomic mass is 16.7. The largest absolute Gasteiger partial charge is 0.507 e. The molecule has 0 aliphatic carbocycles. The third-order valence-electron chi connectivity index (χ3n) is 7.17. The zero-order valence-corrected chi connectivity index (χ0v) is 21.0. The molecule has 0 amide bonds. The highest BCUT2D eigenvalue weighted by Gasteiger charge is 2.50. The first-order chi connectivity index (χ1) is 19.4. The van der Waals surface area contributed by atoms with Crippen LogP contribution in [0.3, 0.4) is 0 Å². The van der Waals surface area contributed by atoms with Gasteiger partial charge in [0.15, 0.2) is 23.2 Å². The van der Waals surface area contributed by atoms with Crippen molar-refractivity contribution in [2.75, 3.05) is 13.2 Å². The van der Waals surface area contributed by atoms with E-state index in [0.29, 0.717) is 0 Å². The van der Waals surface area contributed by atoms with Gasteiger partial charge < -0.3 is 69.7 Å². The van der Waals surface area contributed by atoms with Crippen LogP contribution in [-0.4, -0.2) is 113 Å². The summed E-state index contributed by atoms with van der Waals surface area (Å²) in [6, 6.07) is 5.60. The second kappa shape index (κ2) is 11.1. The third-order valence-corrected chi connectivity index (χ3v) is 7.17. The van der Waals surface area contributed by atoms with Gasteiger partial charge in [0.25, 0.3) is 0 Å². The van der Waals surface area contributed by atoms with Crippen molar-refractivity contribution in [1.82, 2.24) is 0 Å². The number of rotatable bonds is 5. The average Bonchev–Trinajstić information content (AvgIpc) is 2.93. The molecule has 222 valence electrons. The summed E-state index contributed by atoms with van der Waals surface area (Å²) in [5.74, 6) is -2.55. The fraction of sp³-hybridized carbons (Fsp3) is 0.423. The first-order valence-electron chi connectivity index (χ1n) is 12.4. The summed E-state index contributed by atoms with van der Waals surface area (Å²) < 4.78 is 22.2. The standard InChI is InChI=1S/C26H28O15/c27-6-16-20(34)22(36)25(41-26-23(37)19(33)13(32)7-38-26)24(40-16)18-12(31)5-15-17(21(18)35)11(30)4-14(39-15)8-1-2-9(28)10(29)3-8/h1-5,13,16,19-20,22-29,31-37H,6-7H2/t13-,16-,19-,20-,22+,23-,24+,25+,26-/m1/s1. The molecule has 41 heavy (non-hydrogen) atoms. The van der Waals surface area contributed by atoms with Crippen molar-refractivity contribution in [3.05, 3.63) is 46.1 Å². The number of phenols is 4. The Hall–Kier alpha value is -3.51. The van der Waals surface area contributed by atoms with E-state index < -0.39 is 108 Å². The summed E-state index contributed by atoms with van der Waals surface area (Å²) in [5.41, 5.74) is -1.41. The van der Waals surface area contributed by atoms with Gasteiger partial charge in [-0.2, -0.15) is 0 Å². The van der Waals surface area contributed by atoms with E-state index in [1.54, 1.807) is 0 Å². The molecule has 10 N–H and O–H groups in total. The Morgan fingerprint density at radius 1 is 0.854 bits per heavy atom. The molecule has 5 rings (SSSR count). The fourth-order valence-corrected chi connectivity index (χ4v) is 4.93. The molecule has 2 aromatic carbocycles. The molecule has 15 nitrogen and oxygen atoms in total. The molecule has 15 heteroatoms. The molecule has 1 aromatic heterocycles. The molecule has 0 saturated carbocycles. The van der Waals surface area contributed by atoms with E-state index in [-0.39, 0.29) is 16.9 Å². The highest BCUT2D eigenvalue weighted by Crippen LogP contribution is 2.46. The molecule has 2 saturated heterocycles. The number of phenolic OH excluding ortho intramolecular Hbond substituents is 4. The van der Waals surface area contributed by atoms with Crippen LogP contribution in [0.2, 0.25) is 0 Å². The van der Waals surface area contributed by atoms with Crippen molar-refractivity contribution in [1.29, 1.82) is 0 Å². The van der Waals surface area contributed by atoms with E-state index >= 15 is 0 Å². The SMILES string of the molecule is O=c1cc(-c2ccc(O)c(O)c2)oc2cc(O)c([C@@H]3O[C@H](CO)[C@@H](O)[C@H](O)[C@@H]3O[C@H]3OC[C@@H](O)[C@@H](O)[C@H]3O)c(O)c12. The number of hydrogen-bond acceptors (Lipinski definition) is 15. The minimum absolute atomic E-state index is 0.0810. The Labute approximate surface area is 229 Å². The Balaban J connectivity index is 1.59. The first kappa shape index (κ1) is 29.0. The van der Waals surface area contributed by atoms with E-state index in [1.807, 2.05) is 0 Å². The first-order valence-corrected chi connectivity index (χ1v) is 12.4. The average molecular weight is 580 g/mol. The number of aliphatic hydroxyl groups is 6. The van der Waals surface area contributed by atoms with Crippen LogP contribution in [0.25, 0.3) is 22.3 Å². The van der Waals surface area contributed by atoms with E-state index in [4.69, 9.17) is 18.6 Å². The zero-order valence-electron chi connectivity index (χ0n) is 21.0. The Morgan fingerprint density at radius 2 is 1.59 bits per heavy atom. The van der Waals surface area contributed by atoms with Crippen molar-refractivity contribution >= 4 is 11.0 Å². The van der Waals surface area contributed by atoms with Crippen molar-refractivity contribution in [2.24, 2.45) is 0 Å². The molecular formula is C26H28O15. The third kappa shape index (κ3) is 5.07. The molecule has 3 heterocycles. The van der Waals surface area contributed by atoms with Crippen LogP contribution in [0, 0.1) is 0 Å². The quantitative estimate of drug-likeness (QED) is 0.150. The molecule has 0 spiro atoms. The summed E-state index contributed by atoms with van der Waals surface area (Å²) in [7, 11) is 0. The second-order valence-corrected chi connectivity index (χ2v) is 9.82. The minimum Gasteiger partial charge on any atom is -0.507 e. The molecule has 0 radical (unpaired) electrons. The topological polar surface area (TPSA) is 260 Å². The summed E-state index contributed by atoms with van der Waals surface area (Å²) in [6.07, 6.45) is -15.1. The highest BCUT2D eigenvalue weighted by molar-refractivity contribution is 5.88. The van der Waals surface area contributed by atoms with Gasteiger partial charge in [-0.3, -0.25) is 4.79 Å². The summed E-state index contributed by atoms with van der Waals surface area (Å²) in [5, 5.41) is 102.